The Balaban J connectivity index is 1.60. The number of hydrogen-bond acceptors (Lipinski definition) is 7. The summed E-state index contributed by atoms with van der Waals surface area (Å²) in [4.78, 5) is 21.0. The van der Waals surface area contributed by atoms with Gasteiger partial charge in [-0.15, -0.1) is 0 Å². The van der Waals surface area contributed by atoms with Gasteiger partial charge in [-0.3, -0.25) is 9.97 Å². The molecule has 0 N–H and O–H groups in total. The molecule has 56 heavy (non-hydrogen) atoms. The van der Waals surface area contributed by atoms with Crippen LogP contribution in [0.1, 0.15) is 28.1 Å². The van der Waals surface area contributed by atoms with Crippen molar-refractivity contribution in [1.29, 1.82) is 10.5 Å². The lowest BCUT2D eigenvalue weighted by molar-refractivity contribution is -0.0331. The fourth-order valence-electron chi connectivity index (χ4n) is 6.60. The summed E-state index contributed by atoms with van der Waals surface area (Å²) >= 11 is -1.45. The molecule has 2 aliphatic rings. The minimum Gasteiger partial charge on any atom is -0.256 e. The molecule has 276 valence electrons. The molecule has 0 aliphatic heterocycles. The average Bonchev–Trinajstić information content (AvgIpc) is 3.73. The summed E-state index contributed by atoms with van der Waals surface area (Å²) in [6, 6.07) is 3.37. The van der Waals surface area contributed by atoms with Crippen molar-refractivity contribution in [2.75, 3.05) is 0 Å². The molecule has 0 saturated heterocycles. The fraction of sp³-hybridized carbons (Fsp3) is 0.111. The van der Waals surface area contributed by atoms with Gasteiger partial charge in [0.1, 0.15) is 0 Å². The van der Waals surface area contributed by atoms with Crippen LogP contribution >= 0.6 is 11.8 Å². The van der Waals surface area contributed by atoms with E-state index in [-0.39, 0.29) is 62.6 Å². The van der Waals surface area contributed by atoms with Gasteiger partial charge in [-0.1, -0.05) is 0 Å². The second-order valence-corrected chi connectivity index (χ2v) is 12.9. The second kappa shape index (κ2) is 13.1. The molecule has 2 heterocycles. The first-order chi connectivity index (χ1) is 26.5. The van der Waals surface area contributed by atoms with Crippen LogP contribution in [0.4, 0.5) is 48.3 Å². The van der Waals surface area contributed by atoms with Crippen LogP contribution < -0.4 is 10.4 Å². The zero-order chi connectivity index (χ0) is 40.7. The van der Waals surface area contributed by atoms with Crippen molar-refractivity contribution in [2.24, 2.45) is 0 Å². The number of nitriles is 2. The van der Waals surface area contributed by atoms with E-state index in [1.165, 1.54) is 0 Å². The molecule has 2 aliphatic carbocycles. The smallest absolute Gasteiger partial charge is 0.256 e. The monoisotopic (exact) mass is 794 g/mol. The Morgan fingerprint density at radius 3 is 1.41 bits per heavy atom. The van der Waals surface area contributed by atoms with E-state index < -0.39 is 114 Å². The van der Waals surface area contributed by atoms with Gasteiger partial charge in [0.05, 0.1) is 87.9 Å². The van der Waals surface area contributed by atoms with Gasteiger partial charge in [0.15, 0.2) is 46.5 Å². The van der Waals surface area contributed by atoms with Crippen LogP contribution in [0.3, 0.4) is 0 Å². The highest BCUT2D eigenvalue weighted by molar-refractivity contribution is 8.00. The number of aromatic nitrogens is 4. The zero-order valence-electron chi connectivity index (χ0n) is 27.2. The van der Waals surface area contributed by atoms with Crippen LogP contribution in [-0.4, -0.2) is 25.4 Å². The Morgan fingerprint density at radius 2 is 1.04 bits per heavy atom. The van der Waals surface area contributed by atoms with Crippen molar-refractivity contribution in [3.05, 3.63) is 120 Å². The summed E-state index contributed by atoms with van der Waals surface area (Å²) in [6.45, 7) is 16.3. The molecule has 3 aromatic carbocycles. The first-order valence-electron chi connectivity index (χ1n) is 15.2. The Bertz CT molecular complexity index is 2900. The van der Waals surface area contributed by atoms with Gasteiger partial charge >= 0.3 is 5.51 Å². The largest absolute Gasteiger partial charge is 0.446 e. The van der Waals surface area contributed by atoms with Crippen molar-refractivity contribution in [1.82, 2.24) is 19.9 Å². The molecule has 0 spiro atoms. The molecular weight excluding hydrogens is 785 g/mol. The van der Waals surface area contributed by atoms with E-state index in [2.05, 4.69) is 29.6 Å². The topological polar surface area (TPSA) is 108 Å². The van der Waals surface area contributed by atoms with Crippen LogP contribution in [0.2, 0.25) is 0 Å². The van der Waals surface area contributed by atoms with Crippen molar-refractivity contribution >= 4 is 23.2 Å². The first-order valence-corrected chi connectivity index (χ1v) is 16.0. The Morgan fingerprint density at radius 1 is 0.643 bits per heavy atom. The highest BCUT2D eigenvalue weighted by atomic mass is 32.2. The van der Waals surface area contributed by atoms with E-state index in [0.717, 1.165) is 13.1 Å². The minimum atomic E-state index is -5.35. The van der Waals surface area contributed by atoms with Crippen LogP contribution in [-0.2, 0) is 12.8 Å². The van der Waals surface area contributed by atoms with Crippen molar-refractivity contribution in [2.45, 2.75) is 30.2 Å². The highest BCUT2D eigenvalue weighted by Crippen LogP contribution is 2.44. The molecule has 5 aromatic rings. The van der Waals surface area contributed by atoms with E-state index in [4.69, 9.17) is 13.1 Å². The van der Waals surface area contributed by atoms with Gasteiger partial charge in [0.2, 0.25) is 0 Å². The third-order valence-corrected chi connectivity index (χ3v) is 9.70. The molecule has 8 nitrogen and oxygen atoms in total. The lowest BCUT2D eigenvalue weighted by Crippen LogP contribution is -2.26. The SMILES string of the molecule is [C-]#[N+]/C(C#N)=c1\c2c(/c(=C(/C#N)[N+]#[C-])c3c1Cc1ncc(-c4c(F)c(F)c(SC(F)(F)F)c(F)c4F)nc1-3)-c1nc(-c3c(F)c(F)c(C)c(F)c3F)cnc1C2. The molecule has 0 bridgehead atoms. The maximum Gasteiger partial charge on any atom is 0.446 e. The lowest BCUT2D eigenvalue weighted by Gasteiger charge is -2.14. The molecule has 0 fully saturated rings. The van der Waals surface area contributed by atoms with Crippen molar-refractivity contribution in [3.63, 3.8) is 0 Å². The molecule has 0 amide bonds. The standard InChI is InChI=1S/C36H9F11N8S/c1-10-25(37)27(39)23(28(40)26(10)38)17-8-52-13-4-11-19(15(6-48)50-2)12-5-14-34(21(12)22(16(7-49)51-3)20(11)33(13)54-17)55-18(9-53-14)24-29(41)31(43)35(32(44)30(24)42)56-36(45,46)47/h8-9H,4-5H2,1H3/b19-15+,22-16+. The number of fused-ring (bicyclic) bond motifs is 6. The number of thioether (sulfide) groups is 1. The van der Waals surface area contributed by atoms with Gasteiger partial charge in [0, 0.05) is 40.0 Å². The zero-order valence-corrected chi connectivity index (χ0v) is 28.0. The number of hydrogen-bond donors (Lipinski definition) is 0. The average molecular weight is 795 g/mol. The molecule has 0 atom stereocenters. The predicted octanol–water partition coefficient (Wildman–Crippen LogP) is 7.88. The molecule has 0 unspecified atom stereocenters. The van der Waals surface area contributed by atoms with Gasteiger partial charge in [0.25, 0.3) is 11.4 Å². The van der Waals surface area contributed by atoms with Crippen LogP contribution in [0.15, 0.2) is 17.3 Å². The number of rotatable bonds is 3. The molecule has 2 aromatic heterocycles. The van der Waals surface area contributed by atoms with Crippen molar-refractivity contribution in [3.8, 4) is 57.2 Å². The molecule has 7 rings (SSSR count). The fourth-order valence-corrected chi connectivity index (χ4v) is 7.19. The van der Waals surface area contributed by atoms with Gasteiger partial charge in [-0.2, -0.15) is 13.2 Å². The number of alkyl halides is 3. The summed E-state index contributed by atoms with van der Waals surface area (Å²) in [5.74, 6) is -16.5. The maximum atomic E-state index is 15.3. The Hall–Kier alpha value is -6.90. The summed E-state index contributed by atoms with van der Waals surface area (Å²) in [5, 5.41) is 19.6. The number of nitrogens with zero attached hydrogens (tertiary/aromatic N) is 8. The molecular formula is C36H9F11N8S. The predicted molar refractivity (Wildman–Crippen MR) is 172 cm³/mol. The Kier molecular flexibility index (Phi) is 8.78. The van der Waals surface area contributed by atoms with Crippen LogP contribution in [0, 0.1) is 89.3 Å². The minimum absolute atomic E-state index is 0.00197. The van der Waals surface area contributed by atoms with E-state index in [9.17, 15) is 41.3 Å². The summed E-state index contributed by atoms with van der Waals surface area (Å²) in [5.41, 5.74) is -13.7. The molecule has 0 saturated carbocycles. The lowest BCUT2D eigenvalue weighted by atomic mass is 9.92. The van der Waals surface area contributed by atoms with E-state index in [0.29, 0.717) is 6.20 Å². The van der Waals surface area contributed by atoms with Crippen LogP contribution in [0.25, 0.3) is 66.1 Å². The summed E-state index contributed by atoms with van der Waals surface area (Å²) in [7, 11) is 0. The van der Waals surface area contributed by atoms with Crippen LogP contribution in [0.5, 0.6) is 0 Å². The second-order valence-electron chi connectivity index (χ2n) is 11.8. The summed E-state index contributed by atoms with van der Waals surface area (Å²) < 4.78 is 159. The van der Waals surface area contributed by atoms with Gasteiger partial charge in [-0.25, -0.2) is 65.3 Å². The highest BCUT2D eigenvalue weighted by Gasteiger charge is 2.39. The quantitative estimate of drug-likeness (QED) is 0.0776. The van der Waals surface area contributed by atoms with E-state index in [1.54, 1.807) is 12.1 Å². The Labute approximate surface area is 309 Å². The van der Waals surface area contributed by atoms with Gasteiger partial charge < -0.3 is 0 Å². The molecule has 0 radical (unpaired) electrons. The third kappa shape index (κ3) is 5.40. The summed E-state index contributed by atoms with van der Waals surface area (Å²) in [6.07, 6.45) is 0.777. The normalized spacial score (nSPS) is 13.4. The third-order valence-electron chi connectivity index (χ3n) is 8.91. The van der Waals surface area contributed by atoms with Gasteiger partial charge in [-0.05, 0) is 29.8 Å². The molecule has 20 heteroatoms. The number of benzene rings is 3. The first kappa shape index (κ1) is 37.4. The maximum absolute atomic E-state index is 15.3. The van der Waals surface area contributed by atoms with E-state index in [1.807, 2.05) is 0 Å². The number of halogens is 11. The van der Waals surface area contributed by atoms with E-state index >= 15 is 17.6 Å². The van der Waals surface area contributed by atoms with Crippen molar-refractivity contribution < 1.29 is 48.3 Å².